The van der Waals surface area contributed by atoms with Gasteiger partial charge in [0.1, 0.15) is 0 Å². The maximum Gasteiger partial charge on any atom is 0.236 e. The second-order valence-electron chi connectivity index (χ2n) is 4.13. The molecule has 0 aromatic rings. The molecule has 0 bridgehead atoms. The molecule has 4 heteroatoms. The molecular formula is C10H21N3O. The van der Waals surface area contributed by atoms with Gasteiger partial charge in [0.2, 0.25) is 5.91 Å². The van der Waals surface area contributed by atoms with Crippen molar-refractivity contribution < 1.29 is 4.79 Å². The van der Waals surface area contributed by atoms with E-state index in [1.54, 1.807) is 19.0 Å². The van der Waals surface area contributed by atoms with E-state index >= 15 is 0 Å². The average molecular weight is 199 g/mol. The molecule has 0 aromatic carbocycles. The van der Waals surface area contributed by atoms with Gasteiger partial charge in [-0.25, -0.2) is 0 Å². The van der Waals surface area contributed by atoms with Gasteiger partial charge in [-0.2, -0.15) is 0 Å². The first-order valence-electron chi connectivity index (χ1n) is 5.29. The summed E-state index contributed by atoms with van der Waals surface area (Å²) in [6, 6.07) is 0.644. The molecule has 0 heterocycles. The number of rotatable bonds is 6. The number of nitrogens with two attached hydrogens (primary N) is 1. The second kappa shape index (κ2) is 5.32. The van der Waals surface area contributed by atoms with Crippen molar-refractivity contribution in [3.63, 3.8) is 0 Å². The van der Waals surface area contributed by atoms with E-state index in [0.29, 0.717) is 19.1 Å². The smallest absolute Gasteiger partial charge is 0.236 e. The molecule has 2 N–H and O–H groups in total. The van der Waals surface area contributed by atoms with E-state index in [-0.39, 0.29) is 5.91 Å². The van der Waals surface area contributed by atoms with Crippen LogP contribution in [0.4, 0.5) is 0 Å². The topological polar surface area (TPSA) is 49.6 Å². The monoisotopic (exact) mass is 199 g/mol. The van der Waals surface area contributed by atoms with Gasteiger partial charge >= 0.3 is 0 Å². The molecule has 0 radical (unpaired) electrons. The zero-order chi connectivity index (χ0) is 10.6. The molecule has 1 saturated carbocycles. The Morgan fingerprint density at radius 3 is 2.50 bits per heavy atom. The van der Waals surface area contributed by atoms with Gasteiger partial charge in [-0.1, -0.05) is 0 Å². The Labute approximate surface area is 86.0 Å². The molecule has 4 nitrogen and oxygen atoms in total. The maximum atomic E-state index is 11.5. The lowest BCUT2D eigenvalue weighted by molar-refractivity contribution is -0.130. The molecule has 1 amide bonds. The molecule has 14 heavy (non-hydrogen) atoms. The number of likely N-dealkylation sites (N-methyl/N-ethyl adjacent to an activating group) is 1. The Balaban J connectivity index is 2.31. The van der Waals surface area contributed by atoms with E-state index < -0.39 is 0 Å². The van der Waals surface area contributed by atoms with Crippen LogP contribution in [-0.4, -0.2) is 55.5 Å². The molecule has 0 unspecified atom stereocenters. The summed E-state index contributed by atoms with van der Waals surface area (Å²) in [6.07, 6.45) is 3.47. The highest BCUT2D eigenvalue weighted by molar-refractivity contribution is 5.77. The molecule has 0 aliphatic heterocycles. The molecular weight excluding hydrogens is 178 g/mol. The van der Waals surface area contributed by atoms with Gasteiger partial charge in [0.05, 0.1) is 6.54 Å². The first-order valence-corrected chi connectivity index (χ1v) is 5.29. The van der Waals surface area contributed by atoms with E-state index in [9.17, 15) is 4.79 Å². The zero-order valence-corrected chi connectivity index (χ0v) is 9.20. The average Bonchev–Trinajstić information content (AvgIpc) is 2.94. The molecule has 1 aliphatic carbocycles. The lowest BCUT2D eigenvalue weighted by Gasteiger charge is -2.22. The van der Waals surface area contributed by atoms with Gasteiger partial charge < -0.3 is 10.6 Å². The Hall–Kier alpha value is -0.610. The Kier molecular flexibility index (Phi) is 4.35. The SMILES string of the molecule is CN(C)C(=O)CN(CCCN)C1CC1. The van der Waals surface area contributed by atoms with Crippen LogP contribution in [0.1, 0.15) is 19.3 Å². The fourth-order valence-electron chi connectivity index (χ4n) is 1.44. The zero-order valence-electron chi connectivity index (χ0n) is 9.20. The van der Waals surface area contributed by atoms with Gasteiger partial charge in [-0.05, 0) is 25.8 Å². The van der Waals surface area contributed by atoms with Crippen LogP contribution in [0, 0.1) is 0 Å². The highest BCUT2D eigenvalue weighted by atomic mass is 16.2. The van der Waals surface area contributed by atoms with Crippen LogP contribution < -0.4 is 5.73 Å². The third-order valence-corrected chi connectivity index (χ3v) is 2.55. The molecule has 82 valence electrons. The van der Waals surface area contributed by atoms with E-state index in [0.717, 1.165) is 13.0 Å². The van der Waals surface area contributed by atoms with Crippen LogP contribution in [0.5, 0.6) is 0 Å². The van der Waals surface area contributed by atoms with Crippen molar-refractivity contribution in [3.05, 3.63) is 0 Å². The minimum Gasteiger partial charge on any atom is -0.348 e. The molecule has 0 atom stereocenters. The third kappa shape index (κ3) is 3.64. The standard InChI is InChI=1S/C10H21N3O/c1-12(2)10(14)8-13(7-3-6-11)9-4-5-9/h9H,3-8,11H2,1-2H3. The van der Waals surface area contributed by atoms with Crippen molar-refractivity contribution in [1.29, 1.82) is 0 Å². The summed E-state index contributed by atoms with van der Waals surface area (Å²) in [7, 11) is 3.60. The largest absolute Gasteiger partial charge is 0.348 e. The lowest BCUT2D eigenvalue weighted by atomic mass is 10.3. The van der Waals surface area contributed by atoms with Crippen molar-refractivity contribution in [1.82, 2.24) is 9.80 Å². The molecule has 0 saturated heterocycles. The summed E-state index contributed by atoms with van der Waals surface area (Å²) in [5, 5.41) is 0. The van der Waals surface area contributed by atoms with E-state index in [1.165, 1.54) is 12.8 Å². The predicted octanol–water partition coefficient (Wildman–Crippen LogP) is -0.112. The van der Waals surface area contributed by atoms with Crippen LogP contribution in [0.25, 0.3) is 0 Å². The quantitative estimate of drug-likeness (QED) is 0.649. The summed E-state index contributed by atoms with van der Waals surface area (Å²) < 4.78 is 0. The van der Waals surface area contributed by atoms with Crippen LogP contribution in [0.15, 0.2) is 0 Å². The van der Waals surface area contributed by atoms with Crippen LogP contribution >= 0.6 is 0 Å². The summed E-state index contributed by atoms with van der Waals surface area (Å²) >= 11 is 0. The fourth-order valence-corrected chi connectivity index (χ4v) is 1.44. The first-order chi connectivity index (χ1) is 6.65. The Morgan fingerprint density at radius 1 is 1.43 bits per heavy atom. The minimum atomic E-state index is 0.189. The number of carbonyl (C=O) groups excluding carboxylic acids is 1. The van der Waals surface area contributed by atoms with Crippen molar-refractivity contribution in [2.45, 2.75) is 25.3 Å². The summed E-state index contributed by atoms with van der Waals surface area (Å²) in [5.41, 5.74) is 5.47. The molecule has 0 aromatic heterocycles. The second-order valence-corrected chi connectivity index (χ2v) is 4.13. The minimum absolute atomic E-state index is 0.189. The number of hydrogen-bond acceptors (Lipinski definition) is 3. The maximum absolute atomic E-state index is 11.5. The van der Waals surface area contributed by atoms with Crippen molar-refractivity contribution in [2.24, 2.45) is 5.73 Å². The number of hydrogen-bond donors (Lipinski definition) is 1. The number of nitrogens with zero attached hydrogens (tertiary/aromatic N) is 2. The van der Waals surface area contributed by atoms with Crippen LogP contribution in [0.2, 0.25) is 0 Å². The number of carbonyl (C=O) groups is 1. The van der Waals surface area contributed by atoms with E-state index in [1.807, 2.05) is 0 Å². The van der Waals surface area contributed by atoms with Gasteiger partial charge in [0.15, 0.2) is 0 Å². The van der Waals surface area contributed by atoms with E-state index in [2.05, 4.69) is 4.90 Å². The summed E-state index contributed by atoms with van der Waals surface area (Å²) in [5.74, 6) is 0.189. The molecule has 0 spiro atoms. The van der Waals surface area contributed by atoms with Crippen LogP contribution in [0.3, 0.4) is 0 Å². The third-order valence-electron chi connectivity index (χ3n) is 2.55. The summed E-state index contributed by atoms with van der Waals surface area (Å²) in [6.45, 7) is 2.22. The highest BCUT2D eigenvalue weighted by Gasteiger charge is 2.29. The Bertz CT molecular complexity index is 190. The lowest BCUT2D eigenvalue weighted by Crippen LogP contribution is -2.38. The van der Waals surface area contributed by atoms with E-state index in [4.69, 9.17) is 5.73 Å². The van der Waals surface area contributed by atoms with Gasteiger partial charge in [0.25, 0.3) is 0 Å². The molecule has 1 fully saturated rings. The van der Waals surface area contributed by atoms with Gasteiger partial charge in [0, 0.05) is 26.7 Å². The van der Waals surface area contributed by atoms with Gasteiger partial charge in [-0.15, -0.1) is 0 Å². The van der Waals surface area contributed by atoms with Crippen LogP contribution in [-0.2, 0) is 4.79 Å². The Morgan fingerprint density at radius 2 is 2.07 bits per heavy atom. The van der Waals surface area contributed by atoms with Crippen molar-refractivity contribution >= 4 is 5.91 Å². The van der Waals surface area contributed by atoms with Crippen molar-refractivity contribution in [2.75, 3.05) is 33.7 Å². The predicted molar refractivity (Wildman–Crippen MR) is 57.0 cm³/mol. The van der Waals surface area contributed by atoms with Crippen molar-refractivity contribution in [3.8, 4) is 0 Å². The van der Waals surface area contributed by atoms with Gasteiger partial charge in [-0.3, -0.25) is 9.69 Å². The number of amides is 1. The summed E-state index contributed by atoms with van der Waals surface area (Å²) in [4.78, 5) is 15.4. The molecule has 1 rings (SSSR count). The normalized spacial score (nSPS) is 16.0. The fraction of sp³-hybridized carbons (Fsp3) is 0.900. The first kappa shape index (κ1) is 11.5. The molecule has 1 aliphatic rings. The highest BCUT2D eigenvalue weighted by Crippen LogP contribution is 2.26.